The van der Waals surface area contributed by atoms with Crippen LogP contribution in [0.25, 0.3) is 0 Å². The van der Waals surface area contributed by atoms with Crippen molar-refractivity contribution in [2.45, 2.75) is 38.8 Å². The standard InChI is InChI=1S/C15H20N2O4S2/c1-7-10-9(8(2)18)13(19)17(10)11(14(20)21)12(7)23-15(22)16-5-3-4-6-16/h7-10,18H,3-6H2,1-2H3,(H,20,21)/t7-,8-,9-,10-/m1/s1. The van der Waals surface area contributed by atoms with Gasteiger partial charge in [0.05, 0.1) is 18.1 Å². The van der Waals surface area contributed by atoms with Crippen molar-refractivity contribution in [2.75, 3.05) is 13.1 Å². The topological polar surface area (TPSA) is 81.1 Å². The monoisotopic (exact) mass is 356 g/mol. The van der Waals surface area contributed by atoms with E-state index in [1.807, 2.05) is 6.92 Å². The van der Waals surface area contributed by atoms with Gasteiger partial charge < -0.3 is 20.0 Å². The van der Waals surface area contributed by atoms with Gasteiger partial charge in [-0.25, -0.2) is 4.79 Å². The van der Waals surface area contributed by atoms with Gasteiger partial charge in [0.2, 0.25) is 5.91 Å². The lowest BCUT2D eigenvalue weighted by Crippen LogP contribution is -2.63. The third-order valence-corrected chi connectivity index (χ3v) is 6.60. The molecule has 0 aromatic carbocycles. The number of thiocarbonyl (C=S) groups is 1. The molecule has 1 amide bonds. The van der Waals surface area contributed by atoms with Gasteiger partial charge >= 0.3 is 5.97 Å². The van der Waals surface area contributed by atoms with Crippen LogP contribution in [0.2, 0.25) is 0 Å². The van der Waals surface area contributed by atoms with Gasteiger partial charge in [0.15, 0.2) is 0 Å². The number of nitrogens with zero attached hydrogens (tertiary/aromatic N) is 2. The number of amides is 1. The third-order valence-electron chi connectivity index (χ3n) is 4.87. The zero-order valence-corrected chi connectivity index (χ0v) is 14.7. The molecule has 3 heterocycles. The van der Waals surface area contributed by atoms with Crippen LogP contribution in [0.4, 0.5) is 0 Å². The number of carbonyl (C=O) groups is 2. The highest BCUT2D eigenvalue weighted by molar-refractivity contribution is 8.25. The highest BCUT2D eigenvalue weighted by Crippen LogP contribution is 2.50. The van der Waals surface area contributed by atoms with Crippen LogP contribution in [0.3, 0.4) is 0 Å². The number of thioether (sulfide) groups is 1. The zero-order valence-electron chi connectivity index (χ0n) is 13.1. The second-order valence-electron chi connectivity index (χ2n) is 6.33. The summed E-state index contributed by atoms with van der Waals surface area (Å²) >= 11 is 6.75. The Morgan fingerprint density at radius 1 is 1.39 bits per heavy atom. The second kappa shape index (κ2) is 6.07. The summed E-state index contributed by atoms with van der Waals surface area (Å²) in [6, 6.07) is -0.280. The van der Waals surface area contributed by atoms with Gasteiger partial charge in [0.1, 0.15) is 10.0 Å². The van der Waals surface area contributed by atoms with E-state index in [4.69, 9.17) is 12.2 Å². The normalized spacial score (nSPS) is 31.3. The number of hydrogen-bond donors (Lipinski definition) is 2. The number of aliphatic carboxylic acids is 1. The minimum absolute atomic E-state index is 0.0379. The Balaban J connectivity index is 1.87. The number of aliphatic hydroxyl groups excluding tert-OH is 1. The molecule has 126 valence electrons. The van der Waals surface area contributed by atoms with E-state index >= 15 is 0 Å². The summed E-state index contributed by atoms with van der Waals surface area (Å²) in [7, 11) is 0. The van der Waals surface area contributed by atoms with E-state index in [1.54, 1.807) is 6.92 Å². The molecule has 0 spiro atoms. The molecule has 6 nitrogen and oxygen atoms in total. The molecule has 0 bridgehead atoms. The van der Waals surface area contributed by atoms with E-state index in [0.29, 0.717) is 9.23 Å². The number of carboxylic acid groups (broad SMARTS) is 1. The molecule has 3 rings (SSSR count). The summed E-state index contributed by atoms with van der Waals surface area (Å²) in [6.07, 6.45) is 1.41. The van der Waals surface area contributed by atoms with Crippen molar-refractivity contribution in [1.82, 2.24) is 9.80 Å². The van der Waals surface area contributed by atoms with Crippen molar-refractivity contribution in [1.29, 1.82) is 0 Å². The smallest absolute Gasteiger partial charge is 0.353 e. The first-order valence-electron chi connectivity index (χ1n) is 7.80. The fourth-order valence-corrected chi connectivity index (χ4v) is 5.27. The van der Waals surface area contributed by atoms with E-state index in [9.17, 15) is 19.8 Å². The number of β-lactam (4-membered cyclic amide) rings is 1. The molecule has 0 saturated carbocycles. The summed E-state index contributed by atoms with van der Waals surface area (Å²) in [5, 5.41) is 19.4. The van der Waals surface area contributed by atoms with Crippen LogP contribution in [-0.2, 0) is 9.59 Å². The minimum atomic E-state index is -1.11. The van der Waals surface area contributed by atoms with Gasteiger partial charge in [0.25, 0.3) is 0 Å². The summed E-state index contributed by atoms with van der Waals surface area (Å²) in [5.74, 6) is -2.08. The predicted molar refractivity (Wildman–Crippen MR) is 90.6 cm³/mol. The summed E-state index contributed by atoms with van der Waals surface area (Å²) in [6.45, 7) is 5.29. The van der Waals surface area contributed by atoms with Crippen molar-refractivity contribution < 1.29 is 19.8 Å². The number of rotatable bonds is 3. The highest BCUT2D eigenvalue weighted by atomic mass is 32.2. The molecule has 8 heteroatoms. The summed E-state index contributed by atoms with van der Waals surface area (Å²) in [4.78, 5) is 28.0. The lowest BCUT2D eigenvalue weighted by molar-refractivity contribution is -0.163. The van der Waals surface area contributed by atoms with E-state index in [0.717, 1.165) is 25.9 Å². The number of hydrogen-bond acceptors (Lipinski definition) is 5. The van der Waals surface area contributed by atoms with Crippen molar-refractivity contribution >= 4 is 40.2 Å². The molecular formula is C15H20N2O4S2. The Morgan fingerprint density at radius 2 is 2.00 bits per heavy atom. The molecule has 0 radical (unpaired) electrons. The molecule has 2 N–H and O–H groups in total. The zero-order chi connectivity index (χ0) is 16.9. The minimum Gasteiger partial charge on any atom is -0.477 e. The maximum atomic E-state index is 12.2. The van der Waals surface area contributed by atoms with E-state index in [-0.39, 0.29) is 23.6 Å². The molecule has 2 saturated heterocycles. The molecule has 2 fully saturated rings. The highest BCUT2D eigenvalue weighted by Gasteiger charge is 2.60. The molecule has 0 aromatic rings. The Morgan fingerprint density at radius 3 is 2.52 bits per heavy atom. The van der Waals surface area contributed by atoms with Crippen LogP contribution in [0.5, 0.6) is 0 Å². The van der Waals surface area contributed by atoms with Crippen LogP contribution in [-0.4, -0.2) is 61.4 Å². The van der Waals surface area contributed by atoms with E-state index in [1.165, 1.54) is 16.7 Å². The average molecular weight is 356 g/mol. The van der Waals surface area contributed by atoms with Crippen molar-refractivity contribution in [3.63, 3.8) is 0 Å². The van der Waals surface area contributed by atoms with Crippen molar-refractivity contribution in [3.05, 3.63) is 10.6 Å². The van der Waals surface area contributed by atoms with Gasteiger partial charge in [0, 0.05) is 23.9 Å². The fraction of sp³-hybridized carbons (Fsp3) is 0.667. The van der Waals surface area contributed by atoms with Gasteiger partial charge in [-0.15, -0.1) is 0 Å². The largest absolute Gasteiger partial charge is 0.477 e. The molecule has 0 aromatic heterocycles. The van der Waals surface area contributed by atoms with E-state index < -0.39 is 18.0 Å². The quantitative estimate of drug-likeness (QED) is 0.582. The second-order valence-corrected chi connectivity index (χ2v) is 8.01. The Labute approximate surface area is 144 Å². The maximum absolute atomic E-state index is 12.2. The lowest BCUT2D eigenvalue weighted by atomic mass is 9.79. The number of carbonyl (C=O) groups excluding carboxylic acids is 1. The first kappa shape index (κ1) is 16.7. The first-order valence-corrected chi connectivity index (χ1v) is 9.02. The van der Waals surface area contributed by atoms with Gasteiger partial charge in [-0.2, -0.15) is 0 Å². The van der Waals surface area contributed by atoms with Crippen LogP contribution in [0, 0.1) is 11.8 Å². The van der Waals surface area contributed by atoms with Crippen molar-refractivity contribution in [2.24, 2.45) is 11.8 Å². The number of fused-ring (bicyclic) bond motifs is 1. The van der Waals surface area contributed by atoms with Gasteiger partial charge in [-0.05, 0) is 19.8 Å². The SMILES string of the molecule is C[C@@H](O)[C@H]1C(=O)N2C(C(=O)O)=C(SC(=S)N3CCCC3)[C@H](C)[C@H]12. The van der Waals surface area contributed by atoms with Crippen molar-refractivity contribution in [3.8, 4) is 0 Å². The Bertz CT molecular complexity index is 598. The van der Waals surface area contributed by atoms with E-state index in [2.05, 4.69) is 4.90 Å². The summed E-state index contributed by atoms with van der Waals surface area (Å²) in [5.41, 5.74) is 0.0379. The number of carboxylic acids is 1. The third kappa shape index (κ3) is 2.56. The first-order chi connectivity index (χ1) is 10.8. The maximum Gasteiger partial charge on any atom is 0.353 e. The Hall–Kier alpha value is -1.12. The van der Waals surface area contributed by atoms with Crippen LogP contribution in [0.1, 0.15) is 26.7 Å². The lowest BCUT2D eigenvalue weighted by Gasteiger charge is -2.46. The molecule has 3 aliphatic rings. The molecule has 23 heavy (non-hydrogen) atoms. The van der Waals surface area contributed by atoms with Crippen LogP contribution < -0.4 is 0 Å². The van der Waals surface area contributed by atoms with Gasteiger partial charge in [-0.1, -0.05) is 30.9 Å². The fourth-order valence-electron chi connectivity index (χ4n) is 3.72. The molecule has 4 atom stereocenters. The number of likely N-dealkylation sites (tertiary alicyclic amines) is 1. The summed E-state index contributed by atoms with van der Waals surface area (Å²) < 4.78 is 0.673. The van der Waals surface area contributed by atoms with Gasteiger partial charge in [-0.3, -0.25) is 4.79 Å². The molecule has 0 unspecified atom stereocenters. The predicted octanol–water partition coefficient (Wildman–Crippen LogP) is 1.25. The number of aliphatic hydroxyl groups is 1. The molecule has 3 aliphatic heterocycles. The van der Waals surface area contributed by atoms with Crippen LogP contribution in [0.15, 0.2) is 10.6 Å². The Kier molecular flexibility index (Phi) is 4.41. The molecule has 0 aliphatic carbocycles. The van der Waals surface area contributed by atoms with Crippen LogP contribution >= 0.6 is 24.0 Å². The average Bonchev–Trinajstić information content (AvgIpc) is 3.06. The molecular weight excluding hydrogens is 336 g/mol.